The Kier molecular flexibility index (Phi) is 6.95. The van der Waals surface area contributed by atoms with Gasteiger partial charge in [-0.1, -0.05) is 0 Å². The van der Waals surface area contributed by atoms with Gasteiger partial charge < -0.3 is 29.3 Å². The predicted molar refractivity (Wildman–Crippen MR) is 145 cm³/mol. The van der Waals surface area contributed by atoms with Crippen LogP contribution >= 0.6 is 0 Å². The van der Waals surface area contributed by atoms with Gasteiger partial charge in [0, 0.05) is 47.1 Å². The third kappa shape index (κ3) is 4.89. The third-order valence-corrected chi connectivity index (χ3v) is 7.39. The molecule has 2 N–H and O–H groups in total. The third-order valence-electron chi connectivity index (χ3n) is 7.39. The standard InChI is InChI=1S/C29H29F2N5O6/c1-29(2)15-41-5-4-35(29)28(39)26-22-14-42-24-10-23(40-3)20(16-11-32-34(12-16)13-25(37)38)9-21(24)27(22)36(33-26)19-7-17(30)6-18(31)8-19/h6-12,25,37-38H,4-5,13-15H2,1-3H3. The van der Waals surface area contributed by atoms with Crippen LogP contribution in [0.4, 0.5) is 8.78 Å². The average Bonchev–Trinajstić information content (AvgIpc) is 3.56. The van der Waals surface area contributed by atoms with Crippen LogP contribution in [-0.4, -0.2) is 79.3 Å². The van der Waals surface area contributed by atoms with Crippen molar-refractivity contribution in [1.82, 2.24) is 24.5 Å². The number of aliphatic hydroxyl groups is 2. The van der Waals surface area contributed by atoms with Gasteiger partial charge in [-0.15, -0.1) is 0 Å². The molecular formula is C29H29F2N5O6. The van der Waals surface area contributed by atoms with E-state index >= 15 is 0 Å². The number of nitrogens with zero attached hydrogens (tertiary/aromatic N) is 5. The van der Waals surface area contributed by atoms with Crippen LogP contribution in [-0.2, 0) is 17.9 Å². The van der Waals surface area contributed by atoms with E-state index in [1.54, 1.807) is 29.4 Å². The summed E-state index contributed by atoms with van der Waals surface area (Å²) in [4.78, 5) is 15.7. The van der Waals surface area contributed by atoms with Crippen LogP contribution in [0.5, 0.6) is 11.5 Å². The Hall–Kier alpha value is -4.33. The summed E-state index contributed by atoms with van der Waals surface area (Å²) in [5, 5.41) is 27.5. The van der Waals surface area contributed by atoms with Crippen LogP contribution < -0.4 is 9.47 Å². The molecule has 1 amide bonds. The number of rotatable bonds is 6. The number of aliphatic hydroxyl groups excluding tert-OH is 1. The summed E-state index contributed by atoms with van der Waals surface area (Å²) in [5.41, 5.74) is 2.22. The molecule has 2 aromatic heterocycles. The second-order valence-electron chi connectivity index (χ2n) is 10.8. The van der Waals surface area contributed by atoms with Crippen molar-refractivity contribution in [2.75, 3.05) is 26.9 Å². The van der Waals surface area contributed by atoms with Crippen LogP contribution in [0.25, 0.3) is 28.1 Å². The number of fused-ring (bicyclic) bond motifs is 3. The van der Waals surface area contributed by atoms with Gasteiger partial charge in [0.25, 0.3) is 5.91 Å². The SMILES string of the molecule is COc1cc2c(cc1-c1cnn(CC(O)O)c1)-c1c(c(C(=O)N3CCOCC3(C)C)nn1-c1cc(F)cc(F)c1)CO2. The highest BCUT2D eigenvalue weighted by Crippen LogP contribution is 2.46. The summed E-state index contributed by atoms with van der Waals surface area (Å²) < 4.78 is 48.9. The second kappa shape index (κ2) is 10.5. The number of ether oxygens (including phenoxy) is 3. The van der Waals surface area contributed by atoms with Crippen LogP contribution in [0.15, 0.2) is 42.7 Å². The molecule has 2 aromatic carbocycles. The van der Waals surface area contributed by atoms with Gasteiger partial charge in [-0.2, -0.15) is 10.2 Å². The van der Waals surface area contributed by atoms with Gasteiger partial charge in [-0.3, -0.25) is 9.48 Å². The monoisotopic (exact) mass is 581 g/mol. The zero-order valence-corrected chi connectivity index (χ0v) is 23.2. The molecule has 1 saturated heterocycles. The number of amides is 1. The number of carbonyl (C=O) groups excluding carboxylic acids is 1. The van der Waals surface area contributed by atoms with Gasteiger partial charge in [0.1, 0.15) is 29.7 Å². The van der Waals surface area contributed by atoms with Crippen molar-refractivity contribution in [3.8, 4) is 39.6 Å². The number of aromatic nitrogens is 4. The minimum absolute atomic E-state index is 0.0131. The molecule has 42 heavy (non-hydrogen) atoms. The van der Waals surface area contributed by atoms with Crippen LogP contribution in [0.1, 0.15) is 29.9 Å². The van der Waals surface area contributed by atoms with E-state index in [-0.39, 0.29) is 30.4 Å². The molecule has 0 spiro atoms. The Morgan fingerprint density at radius 1 is 1.14 bits per heavy atom. The second-order valence-corrected chi connectivity index (χ2v) is 10.8. The molecule has 4 aromatic rings. The van der Waals surface area contributed by atoms with Crippen molar-refractivity contribution in [2.24, 2.45) is 0 Å². The maximum Gasteiger partial charge on any atom is 0.275 e. The molecule has 2 aliphatic heterocycles. The number of carbonyl (C=O) groups is 1. The van der Waals surface area contributed by atoms with Crippen molar-refractivity contribution < 1.29 is 38.0 Å². The summed E-state index contributed by atoms with van der Waals surface area (Å²) in [5.74, 6) is -1.06. The van der Waals surface area contributed by atoms with E-state index < -0.39 is 23.5 Å². The Morgan fingerprint density at radius 3 is 2.60 bits per heavy atom. The lowest BCUT2D eigenvalue weighted by atomic mass is 9.96. The fourth-order valence-corrected chi connectivity index (χ4v) is 5.43. The fourth-order valence-electron chi connectivity index (χ4n) is 5.43. The van der Waals surface area contributed by atoms with Gasteiger partial charge in [0.15, 0.2) is 12.0 Å². The summed E-state index contributed by atoms with van der Waals surface area (Å²) in [6, 6.07) is 6.51. The highest BCUT2D eigenvalue weighted by Gasteiger charge is 2.39. The first-order chi connectivity index (χ1) is 20.1. The lowest BCUT2D eigenvalue weighted by Gasteiger charge is -2.41. The van der Waals surface area contributed by atoms with Crippen molar-refractivity contribution in [3.63, 3.8) is 0 Å². The Morgan fingerprint density at radius 2 is 1.90 bits per heavy atom. The number of hydrogen-bond donors (Lipinski definition) is 2. The smallest absolute Gasteiger partial charge is 0.275 e. The molecular weight excluding hydrogens is 552 g/mol. The maximum atomic E-state index is 14.4. The van der Waals surface area contributed by atoms with Crippen molar-refractivity contribution in [1.29, 1.82) is 0 Å². The highest BCUT2D eigenvalue weighted by molar-refractivity contribution is 5.97. The van der Waals surface area contributed by atoms with Crippen molar-refractivity contribution >= 4 is 5.91 Å². The average molecular weight is 582 g/mol. The maximum absolute atomic E-state index is 14.4. The van der Waals surface area contributed by atoms with Gasteiger partial charge in [0.2, 0.25) is 0 Å². The quantitative estimate of drug-likeness (QED) is 0.333. The van der Waals surface area contributed by atoms with E-state index in [1.165, 1.54) is 16.5 Å². The van der Waals surface area contributed by atoms with Crippen molar-refractivity contribution in [3.05, 3.63) is 65.6 Å². The van der Waals surface area contributed by atoms with Gasteiger partial charge in [-0.05, 0) is 32.0 Å². The zero-order valence-electron chi connectivity index (χ0n) is 23.2. The molecule has 0 atom stereocenters. The summed E-state index contributed by atoms with van der Waals surface area (Å²) in [6.45, 7) is 4.72. The van der Waals surface area contributed by atoms with E-state index in [9.17, 15) is 23.8 Å². The zero-order chi connectivity index (χ0) is 29.8. The molecule has 1 fully saturated rings. The number of hydrogen-bond acceptors (Lipinski definition) is 8. The number of benzene rings is 2. The number of methoxy groups -OCH3 is 1. The Bertz CT molecular complexity index is 1660. The summed E-state index contributed by atoms with van der Waals surface area (Å²) in [6.07, 6.45) is 1.59. The normalized spacial score (nSPS) is 15.8. The topological polar surface area (TPSA) is 124 Å². The largest absolute Gasteiger partial charge is 0.496 e. The van der Waals surface area contributed by atoms with Crippen molar-refractivity contribution in [2.45, 2.75) is 38.8 Å². The Labute approximate surface area is 239 Å². The van der Waals surface area contributed by atoms with Crippen LogP contribution in [0.3, 0.4) is 0 Å². The first kappa shape index (κ1) is 27.8. The molecule has 2 aliphatic rings. The minimum Gasteiger partial charge on any atom is -0.496 e. The van der Waals surface area contributed by atoms with Gasteiger partial charge >= 0.3 is 0 Å². The molecule has 0 aliphatic carbocycles. The first-order valence-electron chi connectivity index (χ1n) is 13.3. The molecule has 4 heterocycles. The summed E-state index contributed by atoms with van der Waals surface area (Å²) in [7, 11) is 1.50. The minimum atomic E-state index is -1.59. The van der Waals surface area contributed by atoms with E-state index in [4.69, 9.17) is 14.2 Å². The molecule has 0 unspecified atom stereocenters. The predicted octanol–water partition coefficient (Wildman–Crippen LogP) is 3.14. The number of halogens is 2. The lowest BCUT2D eigenvalue weighted by molar-refractivity contribution is -0.0534. The van der Waals surface area contributed by atoms with Gasteiger partial charge in [0.05, 0.1) is 50.0 Å². The number of morpholine rings is 1. The van der Waals surface area contributed by atoms with E-state index in [2.05, 4.69) is 10.2 Å². The molecule has 13 heteroatoms. The molecule has 11 nitrogen and oxygen atoms in total. The lowest BCUT2D eigenvalue weighted by Crippen LogP contribution is -2.55. The molecule has 220 valence electrons. The van der Waals surface area contributed by atoms with Crippen LogP contribution in [0.2, 0.25) is 0 Å². The first-order valence-corrected chi connectivity index (χ1v) is 13.3. The highest BCUT2D eigenvalue weighted by atomic mass is 19.1. The molecule has 0 saturated carbocycles. The fraction of sp³-hybridized carbons (Fsp3) is 0.345. The molecule has 6 rings (SSSR count). The summed E-state index contributed by atoms with van der Waals surface area (Å²) >= 11 is 0. The molecule has 0 radical (unpaired) electrons. The Balaban J connectivity index is 1.55. The van der Waals surface area contributed by atoms with E-state index in [0.717, 1.165) is 18.2 Å². The van der Waals surface area contributed by atoms with Gasteiger partial charge in [-0.25, -0.2) is 13.5 Å². The molecule has 0 bridgehead atoms. The van der Waals surface area contributed by atoms with E-state index in [1.807, 2.05) is 13.8 Å². The van der Waals surface area contributed by atoms with Crippen LogP contribution in [0, 0.1) is 11.6 Å². The van der Waals surface area contributed by atoms with E-state index in [0.29, 0.717) is 59.2 Å².